The smallest absolute Gasteiger partial charge is 0.00658 e. The van der Waals surface area contributed by atoms with Crippen molar-refractivity contribution in [1.29, 1.82) is 0 Å². The van der Waals surface area contributed by atoms with E-state index in [1.807, 2.05) is 0 Å². The molecule has 0 aliphatic heterocycles. The van der Waals surface area contributed by atoms with E-state index in [-0.39, 0.29) is 0 Å². The minimum absolute atomic E-state index is 0.473. The third-order valence-electron chi connectivity index (χ3n) is 8.03. The van der Waals surface area contributed by atoms with Crippen LogP contribution in [0.25, 0.3) is 5.57 Å². The zero-order valence-corrected chi connectivity index (χ0v) is 16.6. The van der Waals surface area contributed by atoms with Gasteiger partial charge in [-0.1, -0.05) is 52.3 Å². The molecule has 0 nitrogen and oxygen atoms in total. The van der Waals surface area contributed by atoms with E-state index in [4.69, 9.17) is 0 Å². The Kier molecular flexibility index (Phi) is 3.42. The van der Waals surface area contributed by atoms with E-state index in [1.165, 1.54) is 43.2 Å². The van der Waals surface area contributed by atoms with Gasteiger partial charge in [-0.3, -0.25) is 0 Å². The van der Waals surface area contributed by atoms with Gasteiger partial charge in [-0.15, -0.1) is 0 Å². The first kappa shape index (κ1) is 16.4. The minimum atomic E-state index is 0.473. The minimum Gasteiger partial charge on any atom is -0.0955 e. The van der Waals surface area contributed by atoms with E-state index in [1.54, 1.807) is 22.3 Å². The van der Waals surface area contributed by atoms with Gasteiger partial charge in [-0.05, 0) is 95.9 Å². The second kappa shape index (κ2) is 4.99. The summed E-state index contributed by atoms with van der Waals surface area (Å²) in [5.74, 6) is 2.64. The predicted molar refractivity (Wildman–Crippen MR) is 104 cm³/mol. The third kappa shape index (κ3) is 1.86. The Bertz CT molecular complexity index is 720. The Morgan fingerprint density at radius 1 is 1.29 bits per heavy atom. The molecule has 2 unspecified atom stereocenters. The fourth-order valence-electron chi connectivity index (χ4n) is 7.17. The molecule has 1 aromatic carbocycles. The number of fused-ring (bicyclic) bond motifs is 2. The number of hydrogen-bond donors (Lipinski definition) is 0. The Morgan fingerprint density at radius 2 is 2.00 bits per heavy atom. The van der Waals surface area contributed by atoms with Crippen molar-refractivity contribution in [2.24, 2.45) is 22.7 Å². The largest absolute Gasteiger partial charge is 0.0955 e. The maximum Gasteiger partial charge on any atom is -0.00658 e. The topological polar surface area (TPSA) is 0 Å². The highest BCUT2D eigenvalue weighted by atomic mass is 14.7. The molecule has 1 aromatic rings. The lowest BCUT2D eigenvalue weighted by atomic mass is 9.40. The van der Waals surface area contributed by atoms with Crippen LogP contribution in [0.5, 0.6) is 0 Å². The van der Waals surface area contributed by atoms with Gasteiger partial charge in [0, 0.05) is 0 Å². The normalized spacial score (nSPS) is 35.2. The zero-order chi connectivity index (χ0) is 17.4. The molecule has 0 radical (unpaired) electrons. The number of aryl methyl sites for hydroxylation is 1. The van der Waals surface area contributed by atoms with Crippen molar-refractivity contribution in [3.8, 4) is 0 Å². The highest BCUT2D eigenvalue weighted by molar-refractivity contribution is 5.71. The first-order valence-corrected chi connectivity index (χ1v) is 10.0. The summed E-state index contributed by atoms with van der Waals surface area (Å²) in [5.41, 5.74) is 10.3. The number of allylic oxidation sites excluding steroid dienone is 1. The summed E-state index contributed by atoms with van der Waals surface area (Å²) in [6, 6.07) is 2.58. The molecule has 2 saturated carbocycles. The number of benzene rings is 1. The second-order valence-corrected chi connectivity index (χ2v) is 9.94. The summed E-state index contributed by atoms with van der Waals surface area (Å²) < 4.78 is 0. The van der Waals surface area contributed by atoms with E-state index in [2.05, 4.69) is 54.2 Å². The van der Waals surface area contributed by atoms with Crippen LogP contribution in [0.15, 0.2) is 12.6 Å². The number of rotatable bonds is 3. The summed E-state index contributed by atoms with van der Waals surface area (Å²) in [6.45, 7) is 18.9. The molecule has 3 aliphatic carbocycles. The molecule has 0 N–H and O–H groups in total. The lowest BCUT2D eigenvalue weighted by Crippen LogP contribution is -2.56. The van der Waals surface area contributed by atoms with E-state index < -0.39 is 0 Å². The second-order valence-electron chi connectivity index (χ2n) is 9.94. The third-order valence-corrected chi connectivity index (χ3v) is 8.03. The summed E-state index contributed by atoms with van der Waals surface area (Å²) in [5, 5.41) is 0. The van der Waals surface area contributed by atoms with Gasteiger partial charge in [0.05, 0.1) is 0 Å². The molecule has 0 bridgehead atoms. The van der Waals surface area contributed by atoms with Gasteiger partial charge in [0.25, 0.3) is 0 Å². The van der Waals surface area contributed by atoms with Crippen LogP contribution in [0.4, 0.5) is 0 Å². The quantitative estimate of drug-likeness (QED) is 0.581. The van der Waals surface area contributed by atoms with Crippen LogP contribution in [0.1, 0.15) is 87.6 Å². The van der Waals surface area contributed by atoms with Crippen LogP contribution in [-0.2, 0) is 12.8 Å². The van der Waals surface area contributed by atoms with Gasteiger partial charge >= 0.3 is 0 Å². The molecule has 24 heavy (non-hydrogen) atoms. The molecule has 130 valence electrons. The van der Waals surface area contributed by atoms with Gasteiger partial charge in [0.1, 0.15) is 0 Å². The maximum absolute atomic E-state index is 4.33. The standard InChI is InChI=1S/C24H34/c1-8-9-16-12-17-13-24(7)11-10-18-21(24)22(23(18,5)6)20(17)15(4)19(16)14(2)3/h12,18,21-22H,2,8-11,13H2,1,3-7H3/t18?,21-,22?,24+/m1/s1. The van der Waals surface area contributed by atoms with Gasteiger partial charge in [-0.25, -0.2) is 0 Å². The summed E-state index contributed by atoms with van der Waals surface area (Å²) in [6.07, 6.45) is 6.60. The average Bonchev–Trinajstić information content (AvgIpc) is 2.81. The molecule has 3 aliphatic rings. The van der Waals surface area contributed by atoms with Crippen molar-refractivity contribution >= 4 is 5.57 Å². The maximum atomic E-state index is 4.33. The van der Waals surface area contributed by atoms with Crippen LogP contribution >= 0.6 is 0 Å². The molecule has 0 heterocycles. The zero-order valence-electron chi connectivity index (χ0n) is 16.6. The fourth-order valence-corrected chi connectivity index (χ4v) is 7.17. The van der Waals surface area contributed by atoms with Gasteiger partial charge in [0.15, 0.2) is 0 Å². The van der Waals surface area contributed by atoms with Gasteiger partial charge in [0.2, 0.25) is 0 Å². The SMILES string of the molecule is C=C(C)c1c(CCC)cc2c(c1C)C1[C@H]3C(CC[C@@]3(C)C2)C1(C)C. The van der Waals surface area contributed by atoms with E-state index in [0.29, 0.717) is 10.8 Å². The molecule has 0 amide bonds. The molecular weight excluding hydrogens is 288 g/mol. The van der Waals surface area contributed by atoms with Crippen molar-refractivity contribution in [3.63, 3.8) is 0 Å². The van der Waals surface area contributed by atoms with Crippen molar-refractivity contribution in [3.05, 3.63) is 40.5 Å². The lowest BCUT2D eigenvalue weighted by Gasteiger charge is -2.63. The molecular formula is C24H34. The summed E-state index contributed by atoms with van der Waals surface area (Å²) in [4.78, 5) is 0. The van der Waals surface area contributed by atoms with Crippen molar-refractivity contribution in [1.82, 2.24) is 0 Å². The van der Waals surface area contributed by atoms with Crippen LogP contribution in [-0.4, -0.2) is 0 Å². The van der Waals surface area contributed by atoms with Crippen molar-refractivity contribution in [2.75, 3.05) is 0 Å². The lowest BCUT2D eigenvalue weighted by molar-refractivity contribution is -0.0800. The number of hydrogen-bond acceptors (Lipinski definition) is 0. The highest BCUT2D eigenvalue weighted by Crippen LogP contribution is 2.75. The molecule has 2 fully saturated rings. The molecule has 4 rings (SSSR count). The first-order chi connectivity index (χ1) is 11.2. The predicted octanol–water partition coefficient (Wildman–Crippen LogP) is 6.69. The van der Waals surface area contributed by atoms with Gasteiger partial charge in [-0.2, -0.15) is 0 Å². The molecule has 4 atom stereocenters. The monoisotopic (exact) mass is 322 g/mol. The highest BCUT2D eigenvalue weighted by Gasteiger charge is 2.67. The Balaban J connectivity index is 1.95. The Hall–Kier alpha value is -1.04. The summed E-state index contributed by atoms with van der Waals surface area (Å²) >= 11 is 0. The molecule has 0 saturated heterocycles. The molecule has 0 heteroatoms. The van der Waals surface area contributed by atoms with Crippen LogP contribution < -0.4 is 0 Å². The Morgan fingerprint density at radius 3 is 2.62 bits per heavy atom. The first-order valence-electron chi connectivity index (χ1n) is 10.0. The fraction of sp³-hybridized carbons (Fsp3) is 0.667. The van der Waals surface area contributed by atoms with Crippen LogP contribution in [0.2, 0.25) is 0 Å². The van der Waals surface area contributed by atoms with Crippen LogP contribution in [0, 0.1) is 29.6 Å². The van der Waals surface area contributed by atoms with Crippen molar-refractivity contribution < 1.29 is 0 Å². The van der Waals surface area contributed by atoms with E-state index >= 15 is 0 Å². The molecule has 0 aromatic heterocycles. The summed E-state index contributed by atoms with van der Waals surface area (Å²) in [7, 11) is 0. The van der Waals surface area contributed by atoms with Crippen molar-refractivity contribution in [2.45, 2.75) is 79.6 Å². The van der Waals surface area contributed by atoms with Crippen LogP contribution in [0.3, 0.4) is 0 Å². The molecule has 0 spiro atoms. The Labute approximate surface area is 148 Å². The van der Waals surface area contributed by atoms with Gasteiger partial charge < -0.3 is 0 Å². The van der Waals surface area contributed by atoms with E-state index in [9.17, 15) is 0 Å². The van der Waals surface area contributed by atoms with E-state index in [0.717, 1.165) is 17.8 Å². The average molecular weight is 323 g/mol.